The summed E-state index contributed by atoms with van der Waals surface area (Å²) in [4.78, 5) is 10.8. The van der Waals surface area contributed by atoms with E-state index in [2.05, 4.69) is 9.46 Å². The van der Waals surface area contributed by atoms with Crippen LogP contribution >= 0.6 is 0 Å². The second-order valence-corrected chi connectivity index (χ2v) is 5.74. The minimum Gasteiger partial charge on any atom is -0.467 e. The fraction of sp³-hybridized carbons (Fsp3) is 0.875. The molecular formula is C8H18N2O5S. The molecule has 16 heavy (non-hydrogen) atoms. The molecule has 0 heterocycles. The van der Waals surface area contributed by atoms with Gasteiger partial charge in [0.1, 0.15) is 0 Å². The third-order valence-electron chi connectivity index (χ3n) is 1.38. The molecule has 0 saturated carbocycles. The number of aliphatic hydroxyl groups excluding tert-OH is 1. The Morgan fingerprint density at radius 3 is 2.31 bits per heavy atom. The number of esters is 1. The zero-order chi connectivity index (χ0) is 13.0. The Balaban J connectivity index is 4.25. The number of methoxy groups -OCH3 is 1. The summed E-state index contributed by atoms with van der Waals surface area (Å²) in [5, 5.41) is 9.15. The minimum absolute atomic E-state index is 0.432. The highest BCUT2D eigenvalue weighted by molar-refractivity contribution is 7.87. The smallest absolute Gasteiger partial charge is 0.336 e. The number of ether oxygens (including phenoxy) is 1. The van der Waals surface area contributed by atoms with Crippen LogP contribution in [0.4, 0.5) is 0 Å². The number of nitrogens with one attached hydrogen (secondary N) is 2. The molecule has 3 N–H and O–H groups in total. The summed E-state index contributed by atoms with van der Waals surface area (Å²) >= 11 is 0. The minimum atomic E-state index is -3.74. The van der Waals surface area contributed by atoms with Crippen molar-refractivity contribution in [2.45, 2.75) is 32.4 Å². The van der Waals surface area contributed by atoms with Crippen molar-refractivity contribution in [3.05, 3.63) is 0 Å². The van der Waals surface area contributed by atoms with Crippen LogP contribution in [0.3, 0.4) is 0 Å². The SMILES string of the molecule is COC(=O)C(O)CNS(=O)(=O)NC(C)(C)C. The van der Waals surface area contributed by atoms with Crippen LogP contribution in [0.5, 0.6) is 0 Å². The summed E-state index contributed by atoms with van der Waals surface area (Å²) in [6.07, 6.45) is -1.51. The fourth-order valence-corrected chi connectivity index (χ4v) is 2.10. The van der Waals surface area contributed by atoms with E-state index in [0.29, 0.717) is 0 Å². The summed E-state index contributed by atoms with van der Waals surface area (Å²) in [6.45, 7) is 4.58. The summed E-state index contributed by atoms with van der Waals surface area (Å²) in [5.74, 6) is -0.890. The monoisotopic (exact) mass is 254 g/mol. The molecule has 1 unspecified atom stereocenters. The Hall–Kier alpha value is -0.700. The molecule has 0 aliphatic rings. The van der Waals surface area contributed by atoms with Gasteiger partial charge in [-0.1, -0.05) is 0 Å². The van der Waals surface area contributed by atoms with Crippen LogP contribution in [-0.4, -0.2) is 44.8 Å². The van der Waals surface area contributed by atoms with E-state index in [1.807, 2.05) is 4.72 Å². The van der Waals surface area contributed by atoms with Gasteiger partial charge in [0.25, 0.3) is 10.2 Å². The lowest BCUT2D eigenvalue weighted by Crippen LogP contribution is -2.49. The van der Waals surface area contributed by atoms with Gasteiger partial charge in [-0.05, 0) is 20.8 Å². The first-order valence-electron chi connectivity index (χ1n) is 4.62. The molecule has 0 radical (unpaired) electrons. The molecule has 0 aliphatic heterocycles. The van der Waals surface area contributed by atoms with E-state index in [4.69, 9.17) is 5.11 Å². The maximum absolute atomic E-state index is 11.4. The van der Waals surface area contributed by atoms with Crippen molar-refractivity contribution in [2.75, 3.05) is 13.7 Å². The predicted molar refractivity (Wildman–Crippen MR) is 57.8 cm³/mol. The van der Waals surface area contributed by atoms with Gasteiger partial charge in [-0.25, -0.2) is 4.79 Å². The topological polar surface area (TPSA) is 105 Å². The van der Waals surface area contributed by atoms with E-state index in [-0.39, 0.29) is 0 Å². The Kier molecular flexibility index (Phi) is 5.33. The Labute approximate surface area is 95.4 Å². The number of carbonyl (C=O) groups excluding carboxylic acids is 1. The molecule has 0 fully saturated rings. The Bertz CT molecular complexity index is 333. The summed E-state index contributed by atoms with van der Waals surface area (Å²) < 4.78 is 31.3. The van der Waals surface area contributed by atoms with Crippen LogP contribution in [-0.2, 0) is 19.7 Å². The maximum atomic E-state index is 11.4. The van der Waals surface area contributed by atoms with Crippen LogP contribution in [0, 0.1) is 0 Å². The average Bonchev–Trinajstić information content (AvgIpc) is 2.09. The molecule has 0 aromatic heterocycles. The summed E-state index contributed by atoms with van der Waals surface area (Å²) in [7, 11) is -2.64. The van der Waals surface area contributed by atoms with Crippen molar-refractivity contribution in [1.29, 1.82) is 0 Å². The standard InChI is InChI=1S/C8H18N2O5S/c1-8(2,3)10-16(13,14)9-5-6(11)7(12)15-4/h6,9-11H,5H2,1-4H3. The lowest BCUT2D eigenvalue weighted by Gasteiger charge is -2.21. The van der Waals surface area contributed by atoms with Crippen molar-refractivity contribution < 1.29 is 23.1 Å². The maximum Gasteiger partial charge on any atom is 0.336 e. The molecular weight excluding hydrogens is 236 g/mol. The molecule has 0 saturated heterocycles. The number of hydrogen-bond donors (Lipinski definition) is 3. The fourth-order valence-electron chi connectivity index (χ4n) is 0.847. The van der Waals surface area contributed by atoms with E-state index < -0.39 is 34.4 Å². The number of aliphatic hydroxyl groups is 1. The molecule has 0 rings (SSSR count). The zero-order valence-electron chi connectivity index (χ0n) is 9.77. The molecule has 7 nitrogen and oxygen atoms in total. The number of hydrogen-bond acceptors (Lipinski definition) is 5. The van der Waals surface area contributed by atoms with Gasteiger partial charge >= 0.3 is 5.97 Å². The van der Waals surface area contributed by atoms with Gasteiger partial charge in [-0.15, -0.1) is 0 Å². The quantitative estimate of drug-likeness (QED) is 0.531. The van der Waals surface area contributed by atoms with Gasteiger partial charge in [0.2, 0.25) is 0 Å². The van der Waals surface area contributed by atoms with Crippen molar-refractivity contribution in [1.82, 2.24) is 9.44 Å². The van der Waals surface area contributed by atoms with Crippen LogP contribution in [0.15, 0.2) is 0 Å². The van der Waals surface area contributed by atoms with Crippen LogP contribution < -0.4 is 9.44 Å². The normalized spacial score (nSPS) is 14.6. The van der Waals surface area contributed by atoms with Gasteiger partial charge in [-0.2, -0.15) is 17.9 Å². The zero-order valence-corrected chi connectivity index (χ0v) is 10.6. The summed E-state index contributed by atoms with van der Waals surface area (Å²) in [6, 6.07) is 0. The lowest BCUT2D eigenvalue weighted by molar-refractivity contribution is -0.149. The predicted octanol–water partition coefficient (Wildman–Crippen LogP) is -1.26. The van der Waals surface area contributed by atoms with Crippen molar-refractivity contribution in [2.24, 2.45) is 0 Å². The molecule has 0 aliphatic carbocycles. The van der Waals surface area contributed by atoms with E-state index in [9.17, 15) is 13.2 Å². The highest BCUT2D eigenvalue weighted by Gasteiger charge is 2.22. The van der Waals surface area contributed by atoms with E-state index in [1.54, 1.807) is 20.8 Å². The molecule has 0 bridgehead atoms. The highest BCUT2D eigenvalue weighted by atomic mass is 32.2. The first-order valence-corrected chi connectivity index (χ1v) is 6.10. The molecule has 8 heteroatoms. The molecule has 96 valence electrons. The Morgan fingerprint density at radius 1 is 1.44 bits per heavy atom. The highest BCUT2D eigenvalue weighted by Crippen LogP contribution is 2.00. The lowest BCUT2D eigenvalue weighted by atomic mass is 10.1. The first-order chi connectivity index (χ1) is 7.07. The van der Waals surface area contributed by atoms with Gasteiger partial charge in [0.15, 0.2) is 6.10 Å². The van der Waals surface area contributed by atoms with E-state index in [0.717, 1.165) is 7.11 Å². The first kappa shape index (κ1) is 15.3. The number of carbonyl (C=O) groups is 1. The number of rotatable bonds is 5. The second kappa shape index (κ2) is 5.58. The van der Waals surface area contributed by atoms with Crippen LogP contribution in [0.2, 0.25) is 0 Å². The third kappa shape index (κ3) is 6.72. The van der Waals surface area contributed by atoms with Gasteiger partial charge in [0, 0.05) is 12.1 Å². The van der Waals surface area contributed by atoms with E-state index in [1.165, 1.54) is 0 Å². The van der Waals surface area contributed by atoms with Crippen molar-refractivity contribution in [3.63, 3.8) is 0 Å². The third-order valence-corrected chi connectivity index (χ3v) is 2.81. The molecule has 0 amide bonds. The average molecular weight is 254 g/mol. The molecule has 0 spiro atoms. The molecule has 1 atom stereocenters. The Morgan fingerprint density at radius 2 is 1.94 bits per heavy atom. The van der Waals surface area contributed by atoms with Gasteiger partial charge < -0.3 is 9.84 Å². The van der Waals surface area contributed by atoms with Gasteiger partial charge in [-0.3, -0.25) is 0 Å². The summed E-state index contributed by atoms with van der Waals surface area (Å²) in [5.41, 5.74) is -0.637. The van der Waals surface area contributed by atoms with Crippen molar-refractivity contribution >= 4 is 16.2 Å². The van der Waals surface area contributed by atoms with E-state index >= 15 is 0 Å². The molecule has 0 aromatic carbocycles. The molecule has 0 aromatic rings. The van der Waals surface area contributed by atoms with Gasteiger partial charge in [0.05, 0.1) is 7.11 Å². The van der Waals surface area contributed by atoms with Crippen LogP contribution in [0.25, 0.3) is 0 Å². The largest absolute Gasteiger partial charge is 0.467 e. The van der Waals surface area contributed by atoms with Crippen LogP contribution in [0.1, 0.15) is 20.8 Å². The van der Waals surface area contributed by atoms with Crippen molar-refractivity contribution in [3.8, 4) is 0 Å². The second-order valence-electron chi connectivity index (χ2n) is 4.24.